The fraction of sp³-hybridized carbons (Fsp3) is 0.941. The van der Waals surface area contributed by atoms with Crippen LogP contribution in [-0.4, -0.2) is 11.1 Å². The lowest BCUT2D eigenvalue weighted by Crippen LogP contribution is -2.02. The molecule has 1 unspecified atom stereocenters. The highest BCUT2D eigenvalue weighted by molar-refractivity contribution is 5.66. The summed E-state index contributed by atoms with van der Waals surface area (Å²) in [5.41, 5.74) is 0. The lowest BCUT2D eigenvalue weighted by Gasteiger charge is -2.13. The summed E-state index contributed by atoms with van der Waals surface area (Å²) in [6.07, 6.45) is 15.8. The van der Waals surface area contributed by atoms with Gasteiger partial charge in [-0.1, -0.05) is 78.1 Å². The number of carboxylic acid groups (broad SMARTS) is 1. The summed E-state index contributed by atoms with van der Waals surface area (Å²) in [7, 11) is 0. The largest absolute Gasteiger partial charge is 0.481 e. The molecule has 0 bridgehead atoms. The van der Waals surface area contributed by atoms with Crippen molar-refractivity contribution in [2.24, 2.45) is 5.92 Å². The molecular formula is C17H34O2. The molecule has 0 aliphatic carbocycles. The Balaban J connectivity index is 3.33. The average Bonchev–Trinajstić information content (AvgIpc) is 2.39. The number of carboxylic acids is 1. The summed E-state index contributed by atoms with van der Waals surface area (Å²) in [5.74, 6) is 0.0985. The predicted octanol–water partition coefficient (Wildman–Crippen LogP) is 5.80. The topological polar surface area (TPSA) is 37.3 Å². The first kappa shape index (κ1) is 18.5. The normalized spacial score (nSPS) is 12.5. The van der Waals surface area contributed by atoms with E-state index in [1.807, 2.05) is 0 Å². The Hall–Kier alpha value is -0.530. The van der Waals surface area contributed by atoms with E-state index in [-0.39, 0.29) is 0 Å². The van der Waals surface area contributed by atoms with Gasteiger partial charge in [-0.25, -0.2) is 0 Å². The summed E-state index contributed by atoms with van der Waals surface area (Å²) >= 11 is 0. The molecule has 0 aromatic heterocycles. The first-order valence-electron chi connectivity index (χ1n) is 8.42. The van der Waals surface area contributed by atoms with Gasteiger partial charge in [0, 0.05) is 6.42 Å². The third-order valence-corrected chi connectivity index (χ3v) is 4.05. The molecule has 0 amide bonds. The van der Waals surface area contributed by atoms with Gasteiger partial charge in [0.1, 0.15) is 0 Å². The first-order chi connectivity index (χ1) is 9.20. The van der Waals surface area contributed by atoms with Crippen LogP contribution in [0.15, 0.2) is 0 Å². The molecule has 114 valence electrons. The third kappa shape index (κ3) is 13.7. The molecule has 0 aromatic rings. The van der Waals surface area contributed by atoms with Crippen LogP contribution in [0.25, 0.3) is 0 Å². The summed E-state index contributed by atoms with van der Waals surface area (Å²) in [4.78, 5) is 10.5. The smallest absolute Gasteiger partial charge is 0.303 e. The molecule has 0 saturated heterocycles. The van der Waals surface area contributed by atoms with E-state index in [4.69, 9.17) is 5.11 Å². The number of carbonyl (C=O) groups is 1. The van der Waals surface area contributed by atoms with Crippen molar-refractivity contribution < 1.29 is 9.90 Å². The van der Waals surface area contributed by atoms with Crippen molar-refractivity contribution in [3.05, 3.63) is 0 Å². The van der Waals surface area contributed by atoms with Crippen molar-refractivity contribution in [2.45, 2.75) is 97.3 Å². The lowest BCUT2D eigenvalue weighted by molar-refractivity contribution is -0.137. The molecule has 0 saturated carbocycles. The standard InChI is InChI=1S/C17H34O2/c1-3-5-6-7-8-9-10-11-13-16(4-2)14-12-15-17(18)19/h16H,3-15H2,1-2H3,(H,18,19). The second-order valence-electron chi connectivity index (χ2n) is 5.82. The molecule has 1 atom stereocenters. The Labute approximate surface area is 120 Å². The summed E-state index contributed by atoms with van der Waals surface area (Å²) in [5, 5.41) is 8.63. The minimum absolute atomic E-state index is 0.341. The zero-order chi connectivity index (χ0) is 14.3. The van der Waals surface area contributed by atoms with Gasteiger partial charge in [-0.15, -0.1) is 0 Å². The van der Waals surface area contributed by atoms with E-state index >= 15 is 0 Å². The summed E-state index contributed by atoms with van der Waals surface area (Å²) in [6.45, 7) is 4.49. The predicted molar refractivity (Wildman–Crippen MR) is 82.5 cm³/mol. The van der Waals surface area contributed by atoms with Crippen molar-refractivity contribution in [3.63, 3.8) is 0 Å². The minimum atomic E-state index is -0.651. The first-order valence-corrected chi connectivity index (χ1v) is 8.42. The van der Waals surface area contributed by atoms with Gasteiger partial charge in [0.05, 0.1) is 0 Å². The molecule has 0 fully saturated rings. The molecule has 1 N–H and O–H groups in total. The van der Waals surface area contributed by atoms with E-state index in [9.17, 15) is 4.79 Å². The zero-order valence-electron chi connectivity index (χ0n) is 13.1. The maximum absolute atomic E-state index is 10.5. The van der Waals surface area contributed by atoms with Crippen LogP contribution in [0.1, 0.15) is 97.3 Å². The average molecular weight is 270 g/mol. The van der Waals surface area contributed by atoms with Crippen LogP contribution >= 0.6 is 0 Å². The molecule has 0 aromatic carbocycles. The second-order valence-corrected chi connectivity index (χ2v) is 5.82. The number of aliphatic carboxylic acids is 1. The van der Waals surface area contributed by atoms with E-state index in [1.165, 1.54) is 64.2 Å². The number of hydrogen-bond acceptors (Lipinski definition) is 1. The summed E-state index contributed by atoms with van der Waals surface area (Å²) < 4.78 is 0. The van der Waals surface area contributed by atoms with Crippen LogP contribution in [0.2, 0.25) is 0 Å². The third-order valence-electron chi connectivity index (χ3n) is 4.05. The van der Waals surface area contributed by atoms with Crippen molar-refractivity contribution in [3.8, 4) is 0 Å². The van der Waals surface area contributed by atoms with Gasteiger partial charge in [0.2, 0.25) is 0 Å². The maximum Gasteiger partial charge on any atom is 0.303 e. The van der Waals surface area contributed by atoms with Crippen LogP contribution in [0.5, 0.6) is 0 Å². The van der Waals surface area contributed by atoms with E-state index < -0.39 is 5.97 Å². The SMILES string of the molecule is CCCCCCCCCCC(CC)CCCC(=O)O. The second kappa shape index (κ2) is 13.9. The Kier molecular flexibility index (Phi) is 13.5. The number of rotatable bonds is 14. The van der Waals surface area contributed by atoms with Gasteiger partial charge in [-0.05, 0) is 18.8 Å². The van der Waals surface area contributed by atoms with Crippen LogP contribution in [0, 0.1) is 5.92 Å². The molecular weight excluding hydrogens is 236 g/mol. The van der Waals surface area contributed by atoms with Crippen molar-refractivity contribution in [1.82, 2.24) is 0 Å². The van der Waals surface area contributed by atoms with E-state index in [2.05, 4.69) is 13.8 Å². The van der Waals surface area contributed by atoms with Gasteiger partial charge in [0.25, 0.3) is 0 Å². The van der Waals surface area contributed by atoms with E-state index in [0.29, 0.717) is 6.42 Å². The van der Waals surface area contributed by atoms with Gasteiger partial charge in [-0.2, -0.15) is 0 Å². The molecule has 19 heavy (non-hydrogen) atoms. The van der Waals surface area contributed by atoms with E-state index in [1.54, 1.807) is 0 Å². The fourth-order valence-electron chi connectivity index (χ4n) is 2.66. The van der Waals surface area contributed by atoms with Gasteiger partial charge in [0.15, 0.2) is 0 Å². The fourth-order valence-corrected chi connectivity index (χ4v) is 2.66. The Morgan fingerprint density at radius 2 is 1.37 bits per heavy atom. The maximum atomic E-state index is 10.5. The Bertz CT molecular complexity index is 201. The van der Waals surface area contributed by atoms with E-state index in [0.717, 1.165) is 18.8 Å². The zero-order valence-corrected chi connectivity index (χ0v) is 13.1. The molecule has 0 heterocycles. The molecule has 0 radical (unpaired) electrons. The quantitative estimate of drug-likeness (QED) is 0.405. The summed E-state index contributed by atoms with van der Waals surface area (Å²) in [6, 6.07) is 0. The molecule has 0 spiro atoms. The van der Waals surface area contributed by atoms with Crippen LogP contribution in [0.3, 0.4) is 0 Å². The van der Waals surface area contributed by atoms with Gasteiger partial charge in [-0.3, -0.25) is 4.79 Å². The Morgan fingerprint density at radius 1 is 0.842 bits per heavy atom. The van der Waals surface area contributed by atoms with Crippen molar-refractivity contribution in [2.75, 3.05) is 0 Å². The highest BCUT2D eigenvalue weighted by atomic mass is 16.4. The Morgan fingerprint density at radius 3 is 1.89 bits per heavy atom. The number of hydrogen-bond donors (Lipinski definition) is 1. The van der Waals surface area contributed by atoms with Gasteiger partial charge >= 0.3 is 5.97 Å². The number of unbranched alkanes of at least 4 members (excludes halogenated alkanes) is 7. The molecule has 2 nitrogen and oxygen atoms in total. The van der Waals surface area contributed by atoms with Crippen LogP contribution in [0.4, 0.5) is 0 Å². The minimum Gasteiger partial charge on any atom is -0.481 e. The highest BCUT2D eigenvalue weighted by Crippen LogP contribution is 2.20. The molecule has 2 heteroatoms. The van der Waals surface area contributed by atoms with Crippen LogP contribution in [-0.2, 0) is 4.79 Å². The molecule has 0 aliphatic heterocycles. The van der Waals surface area contributed by atoms with Crippen LogP contribution < -0.4 is 0 Å². The molecule has 0 aliphatic rings. The lowest BCUT2D eigenvalue weighted by atomic mass is 9.93. The highest BCUT2D eigenvalue weighted by Gasteiger charge is 2.07. The monoisotopic (exact) mass is 270 g/mol. The van der Waals surface area contributed by atoms with Crippen molar-refractivity contribution in [1.29, 1.82) is 0 Å². The van der Waals surface area contributed by atoms with Gasteiger partial charge < -0.3 is 5.11 Å². The van der Waals surface area contributed by atoms with Crippen molar-refractivity contribution >= 4 is 5.97 Å². The molecule has 0 rings (SSSR count).